The van der Waals surface area contributed by atoms with Crippen molar-refractivity contribution in [2.45, 2.75) is 11.8 Å². The minimum Gasteiger partial charge on any atom is -0.497 e. The lowest BCUT2D eigenvalue weighted by Crippen LogP contribution is -2.39. The van der Waals surface area contributed by atoms with Crippen molar-refractivity contribution in [1.29, 1.82) is 0 Å². The number of nitrogens with one attached hydrogen (secondary N) is 1. The minimum atomic E-state index is -4.12. The van der Waals surface area contributed by atoms with Crippen LogP contribution < -0.4 is 23.9 Å². The van der Waals surface area contributed by atoms with Gasteiger partial charge in [0, 0.05) is 0 Å². The molecule has 0 bridgehead atoms. The van der Waals surface area contributed by atoms with Crippen LogP contribution in [-0.4, -0.2) is 47.9 Å². The largest absolute Gasteiger partial charge is 0.497 e. The van der Waals surface area contributed by atoms with E-state index in [0.29, 0.717) is 18.1 Å². The number of hydrogen-bond acceptors (Lipinski definition) is 7. The van der Waals surface area contributed by atoms with Gasteiger partial charge < -0.3 is 14.2 Å². The number of hydrazone groups is 1. The Labute approximate surface area is 205 Å². The maximum atomic E-state index is 13.5. The number of ether oxygens (including phenoxy) is 3. The zero-order valence-corrected chi connectivity index (χ0v) is 20.5. The second kappa shape index (κ2) is 11.9. The number of amides is 1. The van der Waals surface area contributed by atoms with Crippen LogP contribution in [0, 0.1) is 0 Å². The predicted molar refractivity (Wildman–Crippen MR) is 134 cm³/mol. The van der Waals surface area contributed by atoms with Gasteiger partial charge in [0.2, 0.25) is 0 Å². The molecule has 3 rings (SSSR count). The first-order chi connectivity index (χ1) is 16.9. The normalized spacial score (nSPS) is 11.2. The molecule has 3 aromatic carbocycles. The molecule has 0 unspecified atom stereocenters. The molecule has 0 aliphatic rings. The highest BCUT2D eigenvalue weighted by molar-refractivity contribution is 7.92. The molecule has 0 spiro atoms. The van der Waals surface area contributed by atoms with Gasteiger partial charge in [-0.2, -0.15) is 5.10 Å². The summed E-state index contributed by atoms with van der Waals surface area (Å²) in [5.41, 5.74) is 3.34. The standard InChI is InChI=1S/C25H27N3O6S/c1-4-34-21-11-9-19(10-12-21)17-26-27-25(29)18-28(23-7-5-6-8-24(23)33-3)35(30,31)22-15-13-20(32-2)14-16-22/h5-17H,4,18H2,1-3H3,(H,27,29)/b26-17-. The fourth-order valence-electron chi connectivity index (χ4n) is 3.17. The fourth-order valence-corrected chi connectivity index (χ4v) is 4.60. The number of rotatable bonds is 11. The zero-order chi connectivity index (χ0) is 25.3. The Morgan fingerprint density at radius 3 is 2.23 bits per heavy atom. The van der Waals surface area contributed by atoms with Crippen LogP contribution in [0.2, 0.25) is 0 Å². The van der Waals surface area contributed by atoms with E-state index in [1.54, 1.807) is 48.5 Å². The van der Waals surface area contributed by atoms with E-state index in [2.05, 4.69) is 10.5 Å². The Bertz CT molecular complexity index is 1260. The van der Waals surface area contributed by atoms with Gasteiger partial charge >= 0.3 is 0 Å². The van der Waals surface area contributed by atoms with Crippen molar-refractivity contribution >= 4 is 27.8 Å². The Kier molecular flexibility index (Phi) is 8.69. The number of hydrogen-bond donors (Lipinski definition) is 1. The topological polar surface area (TPSA) is 107 Å². The van der Waals surface area contributed by atoms with Crippen molar-refractivity contribution < 1.29 is 27.4 Å². The molecule has 0 saturated heterocycles. The van der Waals surface area contributed by atoms with Gasteiger partial charge in [-0.15, -0.1) is 0 Å². The summed E-state index contributed by atoms with van der Waals surface area (Å²) in [6.45, 7) is 1.94. The lowest BCUT2D eigenvalue weighted by Gasteiger charge is -2.25. The summed E-state index contributed by atoms with van der Waals surface area (Å²) < 4.78 is 43.9. The van der Waals surface area contributed by atoms with Gasteiger partial charge in [0.15, 0.2) is 0 Å². The van der Waals surface area contributed by atoms with Crippen LogP contribution in [-0.2, 0) is 14.8 Å². The van der Waals surface area contributed by atoms with Crippen molar-refractivity contribution in [1.82, 2.24) is 5.43 Å². The van der Waals surface area contributed by atoms with Crippen LogP contribution in [0.1, 0.15) is 12.5 Å². The third-order valence-electron chi connectivity index (χ3n) is 4.88. The minimum absolute atomic E-state index is 0.00473. The summed E-state index contributed by atoms with van der Waals surface area (Å²) in [7, 11) is -1.21. The van der Waals surface area contributed by atoms with E-state index in [0.717, 1.165) is 15.6 Å². The first kappa shape index (κ1) is 25.6. The number of carbonyl (C=O) groups excluding carboxylic acids is 1. The Morgan fingerprint density at radius 2 is 1.60 bits per heavy atom. The highest BCUT2D eigenvalue weighted by atomic mass is 32.2. The number of anilines is 1. The van der Waals surface area contributed by atoms with Gasteiger partial charge in [-0.05, 0) is 73.2 Å². The molecule has 9 nitrogen and oxygen atoms in total. The monoisotopic (exact) mass is 497 g/mol. The number of methoxy groups -OCH3 is 2. The summed E-state index contributed by atoms with van der Waals surface area (Å²) in [4.78, 5) is 12.7. The van der Waals surface area contributed by atoms with E-state index in [1.807, 2.05) is 6.92 Å². The van der Waals surface area contributed by atoms with E-state index in [9.17, 15) is 13.2 Å². The predicted octanol–water partition coefficient (Wildman–Crippen LogP) is 3.45. The molecule has 184 valence electrons. The van der Waals surface area contributed by atoms with Gasteiger partial charge in [0.05, 0.1) is 37.6 Å². The molecule has 0 fully saturated rings. The van der Waals surface area contributed by atoms with Crippen LogP contribution in [0.3, 0.4) is 0 Å². The summed E-state index contributed by atoms with van der Waals surface area (Å²) in [5, 5.41) is 3.95. The van der Waals surface area contributed by atoms with Crippen molar-refractivity contribution in [2.24, 2.45) is 5.10 Å². The smallest absolute Gasteiger partial charge is 0.264 e. The first-order valence-electron chi connectivity index (χ1n) is 10.7. The zero-order valence-electron chi connectivity index (χ0n) is 19.7. The van der Waals surface area contributed by atoms with Crippen LogP contribution in [0.5, 0.6) is 17.2 Å². The number of carbonyl (C=O) groups is 1. The van der Waals surface area contributed by atoms with E-state index < -0.39 is 22.5 Å². The third kappa shape index (κ3) is 6.51. The molecule has 0 saturated carbocycles. The molecule has 1 amide bonds. The van der Waals surface area contributed by atoms with Gasteiger partial charge in [-0.25, -0.2) is 13.8 Å². The molecule has 0 aromatic heterocycles. The van der Waals surface area contributed by atoms with Crippen molar-refractivity contribution in [3.63, 3.8) is 0 Å². The maximum Gasteiger partial charge on any atom is 0.264 e. The number of sulfonamides is 1. The molecule has 0 heterocycles. The van der Waals surface area contributed by atoms with Gasteiger partial charge in [0.1, 0.15) is 23.8 Å². The molecule has 35 heavy (non-hydrogen) atoms. The molecule has 0 aliphatic heterocycles. The van der Waals surface area contributed by atoms with Crippen molar-refractivity contribution in [3.8, 4) is 17.2 Å². The fraction of sp³-hybridized carbons (Fsp3) is 0.200. The SMILES string of the molecule is CCOc1ccc(/C=N\NC(=O)CN(c2ccccc2OC)S(=O)(=O)c2ccc(OC)cc2)cc1. The van der Waals surface area contributed by atoms with Gasteiger partial charge in [0.25, 0.3) is 15.9 Å². The van der Waals surface area contributed by atoms with Crippen molar-refractivity contribution in [2.75, 3.05) is 31.7 Å². The Balaban J connectivity index is 1.83. The maximum absolute atomic E-state index is 13.5. The first-order valence-corrected chi connectivity index (χ1v) is 12.2. The molecule has 0 radical (unpaired) electrons. The van der Waals surface area contributed by atoms with Gasteiger partial charge in [-0.1, -0.05) is 12.1 Å². The number of benzene rings is 3. The molecule has 3 aromatic rings. The second-order valence-corrected chi connectivity index (χ2v) is 9.02. The van der Waals surface area contributed by atoms with Crippen LogP contribution >= 0.6 is 0 Å². The number of nitrogens with zero attached hydrogens (tertiary/aromatic N) is 2. The molecule has 0 aliphatic carbocycles. The van der Waals surface area contributed by atoms with E-state index in [-0.39, 0.29) is 10.6 Å². The van der Waals surface area contributed by atoms with E-state index in [1.165, 1.54) is 44.7 Å². The van der Waals surface area contributed by atoms with Gasteiger partial charge in [-0.3, -0.25) is 9.10 Å². The summed E-state index contributed by atoms with van der Waals surface area (Å²) in [5.74, 6) is 0.907. The lowest BCUT2D eigenvalue weighted by molar-refractivity contribution is -0.119. The average molecular weight is 498 g/mol. The molecule has 10 heteroatoms. The van der Waals surface area contributed by atoms with Crippen molar-refractivity contribution in [3.05, 3.63) is 78.4 Å². The quantitative estimate of drug-likeness (QED) is 0.321. The molecule has 1 N–H and O–H groups in total. The lowest BCUT2D eigenvalue weighted by atomic mass is 10.2. The van der Waals surface area contributed by atoms with Crippen LogP contribution in [0.25, 0.3) is 0 Å². The van der Waals surface area contributed by atoms with Crippen LogP contribution in [0.4, 0.5) is 5.69 Å². The van der Waals surface area contributed by atoms with Crippen LogP contribution in [0.15, 0.2) is 82.8 Å². The Hall–Kier alpha value is -4.05. The molecular weight excluding hydrogens is 470 g/mol. The average Bonchev–Trinajstić information content (AvgIpc) is 2.88. The Morgan fingerprint density at radius 1 is 0.943 bits per heavy atom. The summed E-state index contributed by atoms with van der Waals surface area (Å²) in [6, 6.07) is 19.6. The summed E-state index contributed by atoms with van der Waals surface area (Å²) >= 11 is 0. The summed E-state index contributed by atoms with van der Waals surface area (Å²) in [6.07, 6.45) is 1.46. The number of para-hydroxylation sites is 2. The third-order valence-corrected chi connectivity index (χ3v) is 6.66. The highest BCUT2D eigenvalue weighted by Crippen LogP contribution is 2.32. The second-order valence-electron chi connectivity index (χ2n) is 7.15. The van der Waals surface area contributed by atoms with E-state index >= 15 is 0 Å². The molecular formula is C25H27N3O6S. The molecule has 0 atom stereocenters. The highest BCUT2D eigenvalue weighted by Gasteiger charge is 2.29. The van der Waals surface area contributed by atoms with E-state index in [4.69, 9.17) is 14.2 Å².